The molecule has 2 rings (SSSR count). The summed E-state index contributed by atoms with van der Waals surface area (Å²) in [6.07, 6.45) is 4.87. The van der Waals surface area contributed by atoms with Gasteiger partial charge in [0.05, 0.1) is 5.41 Å². The van der Waals surface area contributed by atoms with Crippen molar-refractivity contribution < 1.29 is 14.7 Å². The van der Waals surface area contributed by atoms with Gasteiger partial charge in [-0.2, -0.15) is 0 Å². The molecule has 1 atom stereocenters. The number of amides is 1. The van der Waals surface area contributed by atoms with E-state index in [1.807, 2.05) is 4.90 Å². The standard InChI is InChI=1S/C14H23NO3/c1-14(2,13(17)18)11-4-3-7-15(9-11)12(16)8-10-5-6-10/h10-11H,3-9H2,1-2H3,(H,17,18). The average Bonchev–Trinajstić information content (AvgIpc) is 3.13. The first-order chi connectivity index (χ1) is 8.41. The number of carbonyl (C=O) groups excluding carboxylic acids is 1. The van der Waals surface area contributed by atoms with Crippen molar-refractivity contribution in [1.29, 1.82) is 0 Å². The Morgan fingerprint density at radius 1 is 1.28 bits per heavy atom. The van der Waals surface area contributed by atoms with Gasteiger partial charge in [0.1, 0.15) is 0 Å². The summed E-state index contributed by atoms with van der Waals surface area (Å²) in [5.74, 6) is 0.143. The minimum Gasteiger partial charge on any atom is -0.481 e. The Balaban J connectivity index is 1.95. The van der Waals surface area contributed by atoms with Gasteiger partial charge in [0, 0.05) is 19.5 Å². The van der Waals surface area contributed by atoms with Crippen molar-refractivity contribution in [3.63, 3.8) is 0 Å². The predicted molar refractivity (Wildman–Crippen MR) is 68.1 cm³/mol. The molecule has 1 N–H and O–H groups in total. The van der Waals surface area contributed by atoms with Gasteiger partial charge in [0.25, 0.3) is 0 Å². The molecule has 0 aromatic heterocycles. The van der Waals surface area contributed by atoms with Crippen LogP contribution in [0.4, 0.5) is 0 Å². The van der Waals surface area contributed by atoms with Crippen LogP contribution in [0.5, 0.6) is 0 Å². The summed E-state index contributed by atoms with van der Waals surface area (Å²) in [5.41, 5.74) is -0.738. The van der Waals surface area contributed by atoms with Gasteiger partial charge in [-0.15, -0.1) is 0 Å². The highest BCUT2D eigenvalue weighted by Crippen LogP contribution is 2.36. The summed E-state index contributed by atoms with van der Waals surface area (Å²) in [4.78, 5) is 25.2. The summed E-state index contributed by atoms with van der Waals surface area (Å²) in [5, 5.41) is 9.27. The second-order valence-corrected chi connectivity index (χ2v) is 6.35. The Labute approximate surface area is 108 Å². The number of nitrogens with zero attached hydrogens (tertiary/aromatic N) is 1. The van der Waals surface area contributed by atoms with Gasteiger partial charge >= 0.3 is 5.97 Å². The molecular weight excluding hydrogens is 230 g/mol. The maximum atomic E-state index is 12.1. The SMILES string of the molecule is CC(C)(C(=O)O)C1CCCN(C(=O)CC2CC2)C1. The number of hydrogen-bond acceptors (Lipinski definition) is 2. The highest BCUT2D eigenvalue weighted by atomic mass is 16.4. The lowest BCUT2D eigenvalue weighted by molar-refractivity contribution is -0.153. The second-order valence-electron chi connectivity index (χ2n) is 6.35. The molecule has 2 fully saturated rings. The molecular formula is C14H23NO3. The van der Waals surface area contributed by atoms with E-state index in [4.69, 9.17) is 0 Å². The van der Waals surface area contributed by atoms with Gasteiger partial charge < -0.3 is 10.0 Å². The monoisotopic (exact) mass is 253 g/mol. The lowest BCUT2D eigenvalue weighted by Crippen LogP contribution is -2.46. The van der Waals surface area contributed by atoms with E-state index in [1.54, 1.807) is 13.8 Å². The molecule has 2 aliphatic rings. The van der Waals surface area contributed by atoms with Gasteiger partial charge in [-0.25, -0.2) is 0 Å². The maximum absolute atomic E-state index is 12.1. The fraction of sp³-hybridized carbons (Fsp3) is 0.857. The normalized spacial score (nSPS) is 25.0. The molecule has 1 heterocycles. The quantitative estimate of drug-likeness (QED) is 0.835. The highest BCUT2D eigenvalue weighted by Gasteiger charge is 2.40. The maximum Gasteiger partial charge on any atom is 0.309 e. The molecule has 0 bridgehead atoms. The van der Waals surface area contributed by atoms with Crippen molar-refractivity contribution in [2.24, 2.45) is 17.3 Å². The molecule has 0 spiro atoms. The summed E-state index contributed by atoms with van der Waals surface area (Å²) >= 11 is 0. The van der Waals surface area contributed by atoms with Gasteiger partial charge in [0.15, 0.2) is 0 Å². The molecule has 1 saturated carbocycles. The fourth-order valence-electron chi connectivity index (χ4n) is 2.67. The number of likely N-dealkylation sites (tertiary alicyclic amines) is 1. The molecule has 4 nitrogen and oxygen atoms in total. The van der Waals surface area contributed by atoms with E-state index < -0.39 is 11.4 Å². The first kappa shape index (κ1) is 13.4. The fourth-order valence-corrected chi connectivity index (χ4v) is 2.67. The van der Waals surface area contributed by atoms with Crippen molar-refractivity contribution >= 4 is 11.9 Å². The van der Waals surface area contributed by atoms with E-state index in [1.165, 1.54) is 12.8 Å². The summed E-state index contributed by atoms with van der Waals surface area (Å²) in [6, 6.07) is 0. The van der Waals surface area contributed by atoms with Crippen molar-refractivity contribution in [3.05, 3.63) is 0 Å². The zero-order chi connectivity index (χ0) is 13.3. The van der Waals surface area contributed by atoms with Crippen molar-refractivity contribution in [1.82, 2.24) is 4.90 Å². The lowest BCUT2D eigenvalue weighted by Gasteiger charge is -2.39. The van der Waals surface area contributed by atoms with E-state index in [2.05, 4.69) is 0 Å². The average molecular weight is 253 g/mol. The van der Waals surface area contributed by atoms with Crippen LogP contribution in [0.1, 0.15) is 46.0 Å². The number of aliphatic carboxylic acids is 1. The Morgan fingerprint density at radius 2 is 1.94 bits per heavy atom. The first-order valence-electron chi connectivity index (χ1n) is 6.92. The molecule has 18 heavy (non-hydrogen) atoms. The summed E-state index contributed by atoms with van der Waals surface area (Å²) < 4.78 is 0. The van der Waals surface area contributed by atoms with E-state index in [-0.39, 0.29) is 11.8 Å². The van der Waals surface area contributed by atoms with Crippen molar-refractivity contribution in [2.75, 3.05) is 13.1 Å². The number of carboxylic acid groups (broad SMARTS) is 1. The Morgan fingerprint density at radius 3 is 2.50 bits per heavy atom. The Hall–Kier alpha value is -1.06. The molecule has 4 heteroatoms. The first-order valence-corrected chi connectivity index (χ1v) is 6.92. The number of carboxylic acids is 1. The van der Waals surface area contributed by atoms with Crippen LogP contribution < -0.4 is 0 Å². The molecule has 1 aliphatic heterocycles. The molecule has 1 unspecified atom stereocenters. The van der Waals surface area contributed by atoms with Crippen molar-refractivity contribution in [2.45, 2.75) is 46.0 Å². The molecule has 0 aromatic rings. The van der Waals surface area contributed by atoms with Crippen LogP contribution in [0, 0.1) is 17.3 Å². The van der Waals surface area contributed by atoms with Gasteiger partial charge in [0.2, 0.25) is 5.91 Å². The number of carbonyl (C=O) groups is 2. The second kappa shape index (κ2) is 4.90. The number of rotatable bonds is 4. The smallest absolute Gasteiger partial charge is 0.309 e. The summed E-state index contributed by atoms with van der Waals surface area (Å²) in [6.45, 7) is 4.96. The zero-order valence-electron chi connectivity index (χ0n) is 11.3. The zero-order valence-corrected chi connectivity index (χ0v) is 11.3. The molecule has 0 aromatic carbocycles. The third-order valence-electron chi connectivity index (χ3n) is 4.51. The van der Waals surface area contributed by atoms with Gasteiger partial charge in [-0.05, 0) is 51.4 Å². The number of hydrogen-bond donors (Lipinski definition) is 1. The molecule has 1 saturated heterocycles. The topological polar surface area (TPSA) is 57.6 Å². The summed E-state index contributed by atoms with van der Waals surface area (Å²) in [7, 11) is 0. The van der Waals surface area contributed by atoms with E-state index in [9.17, 15) is 14.7 Å². The van der Waals surface area contributed by atoms with Crippen LogP contribution >= 0.6 is 0 Å². The van der Waals surface area contributed by atoms with Gasteiger partial charge in [-0.3, -0.25) is 9.59 Å². The van der Waals surface area contributed by atoms with Crippen LogP contribution in [0.2, 0.25) is 0 Å². The van der Waals surface area contributed by atoms with E-state index >= 15 is 0 Å². The van der Waals surface area contributed by atoms with Crippen LogP contribution in [0.15, 0.2) is 0 Å². The Bertz CT molecular complexity index is 347. The predicted octanol–water partition coefficient (Wildman–Crippen LogP) is 2.14. The highest BCUT2D eigenvalue weighted by molar-refractivity contribution is 5.77. The van der Waals surface area contributed by atoms with Crippen LogP contribution in [-0.2, 0) is 9.59 Å². The van der Waals surface area contributed by atoms with Crippen LogP contribution in [-0.4, -0.2) is 35.0 Å². The van der Waals surface area contributed by atoms with Crippen LogP contribution in [0.3, 0.4) is 0 Å². The molecule has 102 valence electrons. The molecule has 1 amide bonds. The van der Waals surface area contributed by atoms with Gasteiger partial charge in [-0.1, -0.05) is 0 Å². The third kappa shape index (κ3) is 2.85. The minimum atomic E-state index is -0.760. The van der Waals surface area contributed by atoms with E-state index in [0.717, 1.165) is 19.4 Å². The Kier molecular flexibility index (Phi) is 3.64. The lowest BCUT2D eigenvalue weighted by atomic mass is 9.74. The molecule has 0 radical (unpaired) electrons. The van der Waals surface area contributed by atoms with Crippen molar-refractivity contribution in [3.8, 4) is 0 Å². The van der Waals surface area contributed by atoms with Crippen LogP contribution in [0.25, 0.3) is 0 Å². The third-order valence-corrected chi connectivity index (χ3v) is 4.51. The number of piperidine rings is 1. The van der Waals surface area contributed by atoms with E-state index in [0.29, 0.717) is 18.9 Å². The largest absolute Gasteiger partial charge is 0.481 e. The minimum absolute atomic E-state index is 0.0758. The molecule has 1 aliphatic carbocycles.